The smallest absolute Gasteiger partial charge is 0.157 e. The fourth-order valence-electron chi connectivity index (χ4n) is 3.38. The van der Waals surface area contributed by atoms with Gasteiger partial charge in [-0.15, -0.1) is 0 Å². The third kappa shape index (κ3) is 3.31. The van der Waals surface area contributed by atoms with Crippen molar-refractivity contribution in [3.05, 3.63) is 41.5 Å². The van der Waals surface area contributed by atoms with E-state index < -0.39 is 0 Å². The van der Waals surface area contributed by atoms with Crippen molar-refractivity contribution in [3.8, 4) is 6.07 Å². The Kier molecular flexibility index (Phi) is 5.20. The molecule has 0 unspecified atom stereocenters. The van der Waals surface area contributed by atoms with Gasteiger partial charge in [-0.25, -0.2) is 4.98 Å². The lowest BCUT2D eigenvalue weighted by molar-refractivity contribution is -0.896. The molecule has 2 aromatic heterocycles. The summed E-state index contributed by atoms with van der Waals surface area (Å²) in [6.07, 6.45) is 1.12. The Morgan fingerprint density at radius 1 is 1.24 bits per heavy atom. The van der Waals surface area contributed by atoms with Gasteiger partial charge in [-0.1, -0.05) is 12.1 Å². The highest BCUT2D eigenvalue weighted by molar-refractivity contribution is 5.85. The van der Waals surface area contributed by atoms with Crippen LogP contribution in [-0.2, 0) is 0 Å². The number of quaternary nitrogens is 1. The fraction of sp³-hybridized carbons (Fsp3) is 0.400. The molecule has 3 rings (SSSR count). The highest BCUT2D eigenvalue weighted by atomic mass is 15.1. The quantitative estimate of drug-likeness (QED) is 0.652. The number of imidazole rings is 1. The summed E-state index contributed by atoms with van der Waals surface area (Å²) in [4.78, 5) is 6.31. The zero-order valence-corrected chi connectivity index (χ0v) is 15.3. The molecule has 2 N–H and O–H groups in total. The second-order valence-electron chi connectivity index (χ2n) is 6.45. The number of benzene rings is 1. The molecular formula is C20H26N5+. The predicted molar refractivity (Wildman–Crippen MR) is 102 cm³/mol. The molecule has 0 aliphatic carbocycles. The lowest BCUT2D eigenvalue weighted by Crippen LogP contribution is -3.11. The zero-order chi connectivity index (χ0) is 17.8. The first kappa shape index (κ1) is 17.2. The molecule has 0 amide bonds. The number of pyridine rings is 1. The van der Waals surface area contributed by atoms with Gasteiger partial charge in [0.25, 0.3) is 0 Å². The van der Waals surface area contributed by atoms with Gasteiger partial charge < -0.3 is 10.2 Å². The van der Waals surface area contributed by atoms with E-state index in [1.165, 1.54) is 19.6 Å². The van der Waals surface area contributed by atoms with E-state index in [4.69, 9.17) is 0 Å². The standard InChI is InChI=1S/C20H25N5/c1-4-24(5-2)12-8-11-22-19-13-15(3)16(14-21)20-23-17-9-6-7-10-18(17)25(19)20/h6-7,9-10,13,22H,4-5,8,11-12H2,1-3H3/p+1. The van der Waals surface area contributed by atoms with Crippen molar-refractivity contribution in [2.24, 2.45) is 0 Å². The number of para-hydroxylation sites is 2. The Morgan fingerprint density at radius 3 is 2.72 bits per heavy atom. The van der Waals surface area contributed by atoms with E-state index in [1.54, 1.807) is 4.90 Å². The van der Waals surface area contributed by atoms with Gasteiger partial charge in [0.15, 0.2) is 5.65 Å². The van der Waals surface area contributed by atoms with Crippen molar-refractivity contribution in [2.75, 3.05) is 31.5 Å². The molecule has 0 radical (unpaired) electrons. The van der Waals surface area contributed by atoms with Crippen LogP contribution in [0.3, 0.4) is 0 Å². The number of aromatic nitrogens is 2. The molecule has 0 aliphatic heterocycles. The van der Waals surface area contributed by atoms with E-state index in [1.807, 2.05) is 25.1 Å². The Morgan fingerprint density at radius 2 is 2.00 bits per heavy atom. The lowest BCUT2D eigenvalue weighted by Gasteiger charge is -2.16. The van der Waals surface area contributed by atoms with Crippen LogP contribution in [0, 0.1) is 18.3 Å². The summed E-state index contributed by atoms with van der Waals surface area (Å²) in [6.45, 7) is 10.9. The molecule has 0 bridgehead atoms. The van der Waals surface area contributed by atoms with Crippen molar-refractivity contribution in [2.45, 2.75) is 27.2 Å². The molecule has 0 saturated carbocycles. The van der Waals surface area contributed by atoms with Crippen molar-refractivity contribution in [1.29, 1.82) is 5.26 Å². The van der Waals surface area contributed by atoms with E-state index >= 15 is 0 Å². The Balaban J connectivity index is 1.94. The van der Waals surface area contributed by atoms with E-state index in [-0.39, 0.29) is 0 Å². The topological polar surface area (TPSA) is 57.6 Å². The van der Waals surface area contributed by atoms with Gasteiger partial charge in [0, 0.05) is 13.0 Å². The van der Waals surface area contributed by atoms with Crippen LogP contribution in [0.25, 0.3) is 16.7 Å². The number of fused-ring (bicyclic) bond motifs is 3. The molecule has 3 aromatic rings. The van der Waals surface area contributed by atoms with Gasteiger partial charge in [-0.2, -0.15) is 5.26 Å². The molecule has 1 aromatic carbocycles. The number of hydrogen-bond acceptors (Lipinski definition) is 3. The summed E-state index contributed by atoms with van der Waals surface area (Å²) < 4.78 is 2.07. The van der Waals surface area contributed by atoms with Crippen LogP contribution in [0.1, 0.15) is 31.4 Å². The maximum Gasteiger partial charge on any atom is 0.157 e. The van der Waals surface area contributed by atoms with Crippen molar-refractivity contribution < 1.29 is 4.90 Å². The average Bonchev–Trinajstić information content (AvgIpc) is 3.01. The average molecular weight is 336 g/mol. The predicted octanol–water partition coefficient (Wildman–Crippen LogP) is 2.39. The third-order valence-corrected chi connectivity index (χ3v) is 4.90. The molecule has 2 heterocycles. The minimum absolute atomic E-state index is 0.648. The fourth-order valence-corrected chi connectivity index (χ4v) is 3.38. The first-order valence-corrected chi connectivity index (χ1v) is 9.07. The number of nitrogens with zero attached hydrogens (tertiary/aromatic N) is 3. The van der Waals surface area contributed by atoms with Gasteiger partial charge in [-0.3, -0.25) is 4.40 Å². The van der Waals surface area contributed by atoms with E-state index in [0.717, 1.165) is 41.0 Å². The van der Waals surface area contributed by atoms with Crippen molar-refractivity contribution in [1.82, 2.24) is 9.38 Å². The van der Waals surface area contributed by atoms with Gasteiger partial charge in [0.2, 0.25) is 0 Å². The van der Waals surface area contributed by atoms with Crippen LogP contribution in [-0.4, -0.2) is 35.6 Å². The summed E-state index contributed by atoms with van der Waals surface area (Å²) in [6, 6.07) is 12.4. The molecule has 25 heavy (non-hydrogen) atoms. The highest BCUT2D eigenvalue weighted by Crippen LogP contribution is 2.26. The molecule has 0 atom stereocenters. The largest absolute Gasteiger partial charge is 0.371 e. The van der Waals surface area contributed by atoms with Crippen LogP contribution in [0.5, 0.6) is 0 Å². The normalized spacial score (nSPS) is 11.3. The zero-order valence-electron chi connectivity index (χ0n) is 15.3. The number of nitrogens with one attached hydrogen (secondary N) is 2. The van der Waals surface area contributed by atoms with Crippen molar-refractivity contribution >= 4 is 22.5 Å². The van der Waals surface area contributed by atoms with Crippen LogP contribution in [0.4, 0.5) is 5.82 Å². The first-order chi connectivity index (χ1) is 12.2. The highest BCUT2D eigenvalue weighted by Gasteiger charge is 2.14. The van der Waals surface area contributed by atoms with Crippen LogP contribution >= 0.6 is 0 Å². The minimum Gasteiger partial charge on any atom is -0.371 e. The van der Waals surface area contributed by atoms with E-state index in [9.17, 15) is 5.26 Å². The number of anilines is 1. The molecule has 0 saturated heterocycles. The number of rotatable bonds is 7. The summed E-state index contributed by atoms with van der Waals surface area (Å²) in [5, 5.41) is 13.1. The van der Waals surface area contributed by atoms with Crippen LogP contribution < -0.4 is 10.2 Å². The molecule has 0 fully saturated rings. The van der Waals surface area contributed by atoms with Gasteiger partial charge >= 0.3 is 0 Å². The number of hydrogen-bond donors (Lipinski definition) is 2. The maximum absolute atomic E-state index is 9.54. The lowest BCUT2D eigenvalue weighted by atomic mass is 10.1. The van der Waals surface area contributed by atoms with Gasteiger partial charge in [-0.05, 0) is 44.5 Å². The number of aryl methyl sites for hydroxylation is 1. The van der Waals surface area contributed by atoms with E-state index in [2.05, 4.69) is 46.8 Å². The second kappa shape index (κ2) is 7.54. The van der Waals surface area contributed by atoms with E-state index in [0.29, 0.717) is 5.56 Å². The van der Waals surface area contributed by atoms with Crippen molar-refractivity contribution in [3.63, 3.8) is 0 Å². The molecule has 0 spiro atoms. The summed E-state index contributed by atoms with van der Waals surface area (Å²) >= 11 is 0. The number of nitriles is 1. The Bertz CT molecular complexity index is 915. The summed E-state index contributed by atoms with van der Waals surface area (Å²) in [5.41, 5.74) is 4.29. The minimum atomic E-state index is 0.648. The molecule has 0 aliphatic rings. The van der Waals surface area contributed by atoms with Crippen LogP contribution in [0.15, 0.2) is 30.3 Å². The molecule has 5 heteroatoms. The Hall–Kier alpha value is -2.58. The maximum atomic E-state index is 9.54. The monoisotopic (exact) mass is 336 g/mol. The molecule has 130 valence electrons. The first-order valence-electron chi connectivity index (χ1n) is 9.07. The third-order valence-electron chi connectivity index (χ3n) is 4.90. The second-order valence-corrected chi connectivity index (χ2v) is 6.45. The van der Waals surface area contributed by atoms with Gasteiger partial charge in [0.05, 0.1) is 36.2 Å². The Labute approximate surface area is 148 Å². The summed E-state index contributed by atoms with van der Waals surface area (Å²) in [5.74, 6) is 1.01. The molecule has 5 nitrogen and oxygen atoms in total. The van der Waals surface area contributed by atoms with Gasteiger partial charge in [0.1, 0.15) is 11.9 Å². The SMILES string of the molecule is CC[NH+](CC)CCCNc1cc(C)c(C#N)c2nc3ccccc3n12. The summed E-state index contributed by atoms with van der Waals surface area (Å²) in [7, 11) is 0. The van der Waals surface area contributed by atoms with Crippen LogP contribution in [0.2, 0.25) is 0 Å². The molecular weight excluding hydrogens is 310 g/mol.